The highest BCUT2D eigenvalue weighted by molar-refractivity contribution is 5.80. The Kier molecular flexibility index (Phi) is 6.80. The Bertz CT molecular complexity index is 818. The molecule has 28 heavy (non-hydrogen) atoms. The molecule has 1 amide bonds. The Morgan fingerprint density at radius 3 is 2.50 bits per heavy atom. The lowest BCUT2D eigenvalue weighted by Gasteiger charge is -2.19. The SMILES string of the molecule is COc1ccc(CCNC(=O)[C@@H](C)Oc2ccc3c(c2)CCCC3)cc1OC. The van der Waals surface area contributed by atoms with Crippen molar-refractivity contribution in [3.63, 3.8) is 0 Å². The molecule has 3 rings (SSSR count). The maximum atomic E-state index is 12.4. The van der Waals surface area contributed by atoms with E-state index in [1.165, 1.54) is 24.0 Å². The van der Waals surface area contributed by atoms with Crippen molar-refractivity contribution >= 4 is 5.91 Å². The topological polar surface area (TPSA) is 56.8 Å². The van der Waals surface area contributed by atoms with Gasteiger partial charge in [-0.2, -0.15) is 0 Å². The van der Waals surface area contributed by atoms with Crippen LogP contribution < -0.4 is 19.5 Å². The number of benzene rings is 2. The molecule has 0 radical (unpaired) electrons. The van der Waals surface area contributed by atoms with Gasteiger partial charge in [0.2, 0.25) is 0 Å². The monoisotopic (exact) mass is 383 g/mol. The van der Waals surface area contributed by atoms with Crippen molar-refractivity contribution in [1.29, 1.82) is 0 Å². The molecule has 2 aromatic rings. The Morgan fingerprint density at radius 2 is 1.75 bits per heavy atom. The van der Waals surface area contributed by atoms with E-state index in [0.717, 1.165) is 24.2 Å². The van der Waals surface area contributed by atoms with Crippen LogP contribution in [0.3, 0.4) is 0 Å². The summed E-state index contributed by atoms with van der Waals surface area (Å²) in [6.45, 7) is 2.32. The van der Waals surface area contributed by atoms with Crippen LogP contribution in [0.4, 0.5) is 0 Å². The van der Waals surface area contributed by atoms with Crippen molar-refractivity contribution in [1.82, 2.24) is 5.32 Å². The minimum absolute atomic E-state index is 0.113. The molecule has 1 aliphatic carbocycles. The second-order valence-corrected chi connectivity index (χ2v) is 7.13. The van der Waals surface area contributed by atoms with Gasteiger partial charge in [-0.15, -0.1) is 0 Å². The van der Waals surface area contributed by atoms with Gasteiger partial charge in [0, 0.05) is 6.54 Å². The number of carbonyl (C=O) groups is 1. The lowest BCUT2D eigenvalue weighted by atomic mass is 9.92. The van der Waals surface area contributed by atoms with Crippen molar-refractivity contribution in [2.24, 2.45) is 0 Å². The summed E-state index contributed by atoms with van der Waals surface area (Å²) in [4.78, 5) is 12.4. The van der Waals surface area contributed by atoms with Crippen LogP contribution >= 0.6 is 0 Å². The molecule has 0 aromatic heterocycles. The van der Waals surface area contributed by atoms with Gasteiger partial charge in [0.05, 0.1) is 14.2 Å². The molecule has 1 atom stereocenters. The van der Waals surface area contributed by atoms with Gasteiger partial charge in [0.25, 0.3) is 5.91 Å². The summed E-state index contributed by atoms with van der Waals surface area (Å²) in [6.07, 6.45) is 4.89. The molecule has 5 heteroatoms. The van der Waals surface area contributed by atoms with Crippen LogP contribution in [0.25, 0.3) is 0 Å². The maximum absolute atomic E-state index is 12.4. The van der Waals surface area contributed by atoms with Crippen molar-refractivity contribution in [3.05, 3.63) is 53.1 Å². The van der Waals surface area contributed by atoms with E-state index in [1.807, 2.05) is 24.3 Å². The molecule has 1 aliphatic rings. The predicted octanol–water partition coefficient (Wildman–Crippen LogP) is 3.71. The van der Waals surface area contributed by atoms with Crippen LogP contribution in [-0.4, -0.2) is 32.8 Å². The first-order chi connectivity index (χ1) is 13.6. The normalized spacial score (nSPS) is 14.0. The molecule has 0 fully saturated rings. The second kappa shape index (κ2) is 9.49. The molecular weight excluding hydrogens is 354 g/mol. The van der Waals surface area contributed by atoms with Gasteiger partial charge < -0.3 is 19.5 Å². The van der Waals surface area contributed by atoms with Crippen molar-refractivity contribution < 1.29 is 19.0 Å². The Labute approximate surface area is 167 Å². The van der Waals surface area contributed by atoms with E-state index in [4.69, 9.17) is 14.2 Å². The smallest absolute Gasteiger partial charge is 0.260 e. The third-order valence-electron chi connectivity index (χ3n) is 5.16. The minimum Gasteiger partial charge on any atom is -0.493 e. The summed E-state index contributed by atoms with van der Waals surface area (Å²) in [7, 11) is 3.23. The number of methoxy groups -OCH3 is 2. The third-order valence-corrected chi connectivity index (χ3v) is 5.16. The van der Waals surface area contributed by atoms with E-state index in [-0.39, 0.29) is 5.91 Å². The largest absolute Gasteiger partial charge is 0.493 e. The van der Waals surface area contributed by atoms with Crippen LogP contribution in [0.15, 0.2) is 36.4 Å². The zero-order valence-electron chi connectivity index (χ0n) is 16.9. The first-order valence-electron chi connectivity index (χ1n) is 9.88. The minimum atomic E-state index is -0.535. The van der Waals surface area contributed by atoms with Crippen molar-refractivity contribution in [3.8, 4) is 17.2 Å². The molecule has 150 valence electrons. The molecule has 1 N–H and O–H groups in total. The number of hydrogen-bond donors (Lipinski definition) is 1. The van der Waals surface area contributed by atoms with Gasteiger partial charge in [0.1, 0.15) is 5.75 Å². The molecule has 0 heterocycles. The average Bonchev–Trinajstić information content (AvgIpc) is 2.73. The number of carbonyl (C=O) groups excluding carboxylic acids is 1. The van der Waals surface area contributed by atoms with E-state index in [9.17, 15) is 4.79 Å². The van der Waals surface area contributed by atoms with E-state index in [0.29, 0.717) is 24.5 Å². The van der Waals surface area contributed by atoms with Gasteiger partial charge in [-0.25, -0.2) is 0 Å². The molecule has 0 unspecified atom stereocenters. The lowest BCUT2D eigenvalue weighted by Crippen LogP contribution is -2.37. The van der Waals surface area contributed by atoms with Gasteiger partial charge >= 0.3 is 0 Å². The number of nitrogens with one attached hydrogen (secondary N) is 1. The van der Waals surface area contributed by atoms with Crippen LogP contribution in [0, 0.1) is 0 Å². The van der Waals surface area contributed by atoms with E-state index in [2.05, 4.69) is 17.4 Å². The predicted molar refractivity (Wildman–Crippen MR) is 109 cm³/mol. The average molecular weight is 383 g/mol. The van der Waals surface area contributed by atoms with E-state index < -0.39 is 6.10 Å². The molecule has 5 nitrogen and oxygen atoms in total. The van der Waals surface area contributed by atoms with Gasteiger partial charge in [-0.05, 0) is 80.0 Å². The Hall–Kier alpha value is -2.69. The molecule has 0 bridgehead atoms. The highest BCUT2D eigenvalue weighted by Crippen LogP contribution is 2.28. The van der Waals surface area contributed by atoms with Crippen LogP contribution in [0.1, 0.15) is 36.5 Å². The standard InChI is InChI=1S/C23H29NO4/c1-16(28-20-10-9-18-6-4-5-7-19(18)15-20)23(25)24-13-12-17-8-11-21(26-2)22(14-17)27-3/h8-11,14-16H,4-7,12-13H2,1-3H3,(H,24,25)/t16-/m1/s1. The van der Waals surface area contributed by atoms with Gasteiger partial charge in [-0.1, -0.05) is 12.1 Å². The fraction of sp³-hybridized carbons (Fsp3) is 0.435. The summed E-state index contributed by atoms with van der Waals surface area (Å²) in [5, 5.41) is 2.94. The summed E-state index contributed by atoms with van der Waals surface area (Å²) in [6, 6.07) is 12.0. The second-order valence-electron chi connectivity index (χ2n) is 7.13. The number of fused-ring (bicyclic) bond motifs is 1. The first kappa shape index (κ1) is 20.1. The fourth-order valence-corrected chi connectivity index (χ4v) is 3.55. The maximum Gasteiger partial charge on any atom is 0.260 e. The Balaban J connectivity index is 1.49. The van der Waals surface area contributed by atoms with Crippen LogP contribution in [0.5, 0.6) is 17.2 Å². The highest BCUT2D eigenvalue weighted by atomic mass is 16.5. The van der Waals surface area contributed by atoms with Gasteiger partial charge in [-0.3, -0.25) is 4.79 Å². The van der Waals surface area contributed by atoms with E-state index >= 15 is 0 Å². The molecule has 0 aliphatic heterocycles. The zero-order chi connectivity index (χ0) is 19.9. The Morgan fingerprint density at radius 1 is 1.00 bits per heavy atom. The zero-order valence-corrected chi connectivity index (χ0v) is 16.9. The molecular formula is C23H29NO4. The molecule has 2 aromatic carbocycles. The highest BCUT2D eigenvalue weighted by Gasteiger charge is 2.16. The molecule has 0 spiro atoms. The van der Waals surface area contributed by atoms with Crippen LogP contribution in [0.2, 0.25) is 0 Å². The summed E-state index contributed by atoms with van der Waals surface area (Å²) >= 11 is 0. The summed E-state index contributed by atoms with van der Waals surface area (Å²) in [5.41, 5.74) is 3.83. The fourth-order valence-electron chi connectivity index (χ4n) is 3.55. The number of hydrogen-bond acceptors (Lipinski definition) is 4. The van der Waals surface area contributed by atoms with Crippen LogP contribution in [-0.2, 0) is 24.1 Å². The summed E-state index contributed by atoms with van der Waals surface area (Å²) < 4.78 is 16.4. The quantitative estimate of drug-likeness (QED) is 0.755. The number of aryl methyl sites for hydroxylation is 2. The molecule has 0 saturated carbocycles. The number of rotatable bonds is 8. The summed E-state index contributed by atoms with van der Waals surface area (Å²) in [5.74, 6) is 2.04. The van der Waals surface area contributed by atoms with Crippen molar-refractivity contribution in [2.45, 2.75) is 45.1 Å². The number of ether oxygens (including phenoxy) is 3. The first-order valence-corrected chi connectivity index (χ1v) is 9.88. The van der Waals surface area contributed by atoms with Crippen molar-refractivity contribution in [2.75, 3.05) is 20.8 Å². The van der Waals surface area contributed by atoms with Gasteiger partial charge in [0.15, 0.2) is 17.6 Å². The number of amides is 1. The molecule has 0 saturated heterocycles. The third kappa shape index (κ3) is 4.97. The lowest BCUT2D eigenvalue weighted by molar-refractivity contribution is -0.127. The van der Waals surface area contributed by atoms with E-state index in [1.54, 1.807) is 21.1 Å².